The standard InChI is InChI=1S/C15H27N3O/c1-11(2)7-13(16)14-9-17-10-18(14)12-5-6-19-15(3,4)8-12/h9-13H,5-8,16H2,1-4H3. The summed E-state index contributed by atoms with van der Waals surface area (Å²) in [5.41, 5.74) is 7.44. The van der Waals surface area contributed by atoms with Crippen molar-refractivity contribution in [1.82, 2.24) is 9.55 Å². The molecule has 2 N–H and O–H groups in total. The third kappa shape index (κ3) is 3.57. The molecule has 1 fully saturated rings. The monoisotopic (exact) mass is 265 g/mol. The van der Waals surface area contributed by atoms with Crippen LogP contribution in [-0.2, 0) is 4.74 Å². The molecule has 0 aliphatic carbocycles. The molecule has 2 heterocycles. The second kappa shape index (κ2) is 5.63. The summed E-state index contributed by atoms with van der Waals surface area (Å²) in [7, 11) is 0. The highest BCUT2D eigenvalue weighted by Crippen LogP contribution is 2.34. The summed E-state index contributed by atoms with van der Waals surface area (Å²) >= 11 is 0. The molecule has 1 aromatic heterocycles. The minimum atomic E-state index is -0.0490. The Labute approximate surface area is 116 Å². The first-order chi connectivity index (χ1) is 8.89. The first kappa shape index (κ1) is 14.5. The highest BCUT2D eigenvalue weighted by atomic mass is 16.5. The summed E-state index contributed by atoms with van der Waals surface area (Å²) in [6.07, 6.45) is 6.92. The molecule has 19 heavy (non-hydrogen) atoms. The number of hydrogen-bond acceptors (Lipinski definition) is 3. The van der Waals surface area contributed by atoms with Crippen LogP contribution in [0.5, 0.6) is 0 Å². The van der Waals surface area contributed by atoms with E-state index in [1.54, 1.807) is 0 Å². The van der Waals surface area contributed by atoms with E-state index in [9.17, 15) is 0 Å². The van der Waals surface area contributed by atoms with Crippen molar-refractivity contribution < 1.29 is 4.74 Å². The van der Waals surface area contributed by atoms with Gasteiger partial charge < -0.3 is 15.0 Å². The van der Waals surface area contributed by atoms with E-state index >= 15 is 0 Å². The number of nitrogens with zero attached hydrogens (tertiary/aromatic N) is 2. The predicted octanol–water partition coefficient (Wildman–Crippen LogP) is 3.06. The van der Waals surface area contributed by atoms with Gasteiger partial charge in [-0.05, 0) is 39.0 Å². The zero-order valence-corrected chi connectivity index (χ0v) is 12.6. The highest BCUT2D eigenvalue weighted by molar-refractivity contribution is 5.07. The first-order valence-corrected chi connectivity index (χ1v) is 7.30. The molecule has 4 nitrogen and oxygen atoms in total. The average molecular weight is 265 g/mol. The van der Waals surface area contributed by atoms with Crippen molar-refractivity contribution >= 4 is 0 Å². The van der Waals surface area contributed by atoms with E-state index in [4.69, 9.17) is 10.5 Å². The maximum absolute atomic E-state index is 6.32. The minimum Gasteiger partial charge on any atom is -0.375 e. The third-order valence-corrected chi connectivity index (χ3v) is 3.87. The fourth-order valence-corrected chi connectivity index (χ4v) is 2.97. The lowest BCUT2D eigenvalue weighted by atomic mass is 9.93. The smallest absolute Gasteiger partial charge is 0.0951 e. The van der Waals surface area contributed by atoms with Gasteiger partial charge in [0, 0.05) is 24.9 Å². The minimum absolute atomic E-state index is 0.0490. The summed E-state index contributed by atoms with van der Waals surface area (Å²) in [4.78, 5) is 4.32. The number of imidazole rings is 1. The van der Waals surface area contributed by atoms with Crippen molar-refractivity contribution in [2.45, 2.75) is 64.6 Å². The number of nitrogens with two attached hydrogens (primary N) is 1. The Hall–Kier alpha value is -0.870. The first-order valence-electron chi connectivity index (χ1n) is 7.30. The number of aromatic nitrogens is 2. The van der Waals surface area contributed by atoms with Gasteiger partial charge in [-0.25, -0.2) is 4.98 Å². The lowest BCUT2D eigenvalue weighted by molar-refractivity contribution is -0.0695. The molecule has 0 spiro atoms. The number of ether oxygens (including phenoxy) is 1. The fraction of sp³-hybridized carbons (Fsp3) is 0.800. The van der Waals surface area contributed by atoms with E-state index in [0.29, 0.717) is 12.0 Å². The second-order valence-electron chi connectivity index (χ2n) is 6.72. The van der Waals surface area contributed by atoms with Gasteiger partial charge in [-0.3, -0.25) is 0 Å². The lowest BCUT2D eigenvalue weighted by Gasteiger charge is -2.37. The molecule has 1 aromatic rings. The van der Waals surface area contributed by atoms with Crippen molar-refractivity contribution in [3.8, 4) is 0 Å². The molecule has 0 amide bonds. The number of rotatable bonds is 4. The van der Waals surface area contributed by atoms with E-state index in [-0.39, 0.29) is 11.6 Å². The van der Waals surface area contributed by atoms with E-state index in [1.165, 1.54) is 0 Å². The van der Waals surface area contributed by atoms with Crippen LogP contribution in [-0.4, -0.2) is 21.8 Å². The zero-order valence-electron chi connectivity index (χ0n) is 12.6. The summed E-state index contributed by atoms with van der Waals surface area (Å²) in [5.74, 6) is 0.601. The molecular formula is C15H27N3O. The highest BCUT2D eigenvalue weighted by Gasteiger charge is 2.31. The second-order valence-corrected chi connectivity index (χ2v) is 6.72. The molecule has 2 unspecified atom stereocenters. The van der Waals surface area contributed by atoms with Gasteiger partial charge in [-0.15, -0.1) is 0 Å². The maximum atomic E-state index is 6.32. The zero-order chi connectivity index (χ0) is 14.0. The van der Waals surface area contributed by atoms with Crippen molar-refractivity contribution in [3.05, 3.63) is 18.2 Å². The van der Waals surface area contributed by atoms with Crippen LogP contribution in [0.1, 0.15) is 64.7 Å². The van der Waals surface area contributed by atoms with Crippen LogP contribution < -0.4 is 5.73 Å². The van der Waals surface area contributed by atoms with Crippen LogP contribution in [0.2, 0.25) is 0 Å². The molecule has 2 atom stereocenters. The van der Waals surface area contributed by atoms with Crippen molar-refractivity contribution in [2.75, 3.05) is 6.61 Å². The van der Waals surface area contributed by atoms with E-state index in [0.717, 1.165) is 31.6 Å². The number of hydrogen-bond donors (Lipinski definition) is 1. The lowest BCUT2D eigenvalue weighted by Crippen LogP contribution is -2.35. The van der Waals surface area contributed by atoms with Gasteiger partial charge in [0.15, 0.2) is 0 Å². The van der Waals surface area contributed by atoms with Crippen LogP contribution in [0.3, 0.4) is 0 Å². The Morgan fingerprint density at radius 3 is 2.89 bits per heavy atom. The molecule has 0 aromatic carbocycles. The Bertz CT molecular complexity index is 411. The van der Waals surface area contributed by atoms with Crippen molar-refractivity contribution in [2.24, 2.45) is 11.7 Å². The topological polar surface area (TPSA) is 53.1 Å². The quantitative estimate of drug-likeness (QED) is 0.910. The summed E-state index contributed by atoms with van der Waals surface area (Å²) < 4.78 is 8.07. The van der Waals surface area contributed by atoms with Gasteiger partial charge in [-0.2, -0.15) is 0 Å². The summed E-state index contributed by atoms with van der Waals surface area (Å²) in [6.45, 7) is 9.54. The largest absolute Gasteiger partial charge is 0.375 e. The predicted molar refractivity (Wildman–Crippen MR) is 76.9 cm³/mol. The molecule has 0 radical (unpaired) electrons. The molecule has 4 heteroatoms. The Kier molecular flexibility index (Phi) is 4.31. The van der Waals surface area contributed by atoms with E-state index < -0.39 is 0 Å². The van der Waals surface area contributed by atoms with Gasteiger partial charge >= 0.3 is 0 Å². The maximum Gasteiger partial charge on any atom is 0.0951 e. The molecule has 1 saturated heterocycles. The van der Waals surface area contributed by atoms with Crippen LogP contribution in [0, 0.1) is 5.92 Å². The van der Waals surface area contributed by atoms with Crippen molar-refractivity contribution in [3.63, 3.8) is 0 Å². The third-order valence-electron chi connectivity index (χ3n) is 3.87. The van der Waals surface area contributed by atoms with Crippen LogP contribution in [0.25, 0.3) is 0 Å². The molecule has 1 aliphatic heterocycles. The Balaban J connectivity index is 2.15. The van der Waals surface area contributed by atoms with E-state index in [2.05, 4.69) is 37.2 Å². The molecule has 2 rings (SSSR count). The van der Waals surface area contributed by atoms with Gasteiger partial charge in [-0.1, -0.05) is 13.8 Å². The van der Waals surface area contributed by atoms with Crippen LogP contribution in [0.15, 0.2) is 12.5 Å². The van der Waals surface area contributed by atoms with Gasteiger partial charge in [0.1, 0.15) is 0 Å². The van der Waals surface area contributed by atoms with Crippen LogP contribution in [0.4, 0.5) is 0 Å². The van der Waals surface area contributed by atoms with Gasteiger partial charge in [0.25, 0.3) is 0 Å². The Morgan fingerprint density at radius 1 is 1.53 bits per heavy atom. The van der Waals surface area contributed by atoms with Gasteiger partial charge in [0.05, 0.1) is 17.6 Å². The Morgan fingerprint density at radius 2 is 2.26 bits per heavy atom. The normalized spacial score (nSPS) is 24.6. The fourth-order valence-electron chi connectivity index (χ4n) is 2.97. The molecule has 1 aliphatic rings. The molecular weight excluding hydrogens is 238 g/mol. The van der Waals surface area contributed by atoms with Gasteiger partial charge in [0.2, 0.25) is 0 Å². The SMILES string of the molecule is CC(C)CC(N)c1cncn1C1CCOC(C)(C)C1. The molecule has 108 valence electrons. The summed E-state index contributed by atoms with van der Waals surface area (Å²) in [5, 5.41) is 0. The van der Waals surface area contributed by atoms with Crippen LogP contribution >= 0.6 is 0 Å². The molecule has 0 bridgehead atoms. The average Bonchev–Trinajstić information content (AvgIpc) is 2.75. The molecule has 0 saturated carbocycles. The van der Waals surface area contributed by atoms with E-state index in [1.807, 2.05) is 12.5 Å². The van der Waals surface area contributed by atoms with Crippen molar-refractivity contribution in [1.29, 1.82) is 0 Å². The summed E-state index contributed by atoms with van der Waals surface area (Å²) in [6, 6.07) is 0.535.